The summed E-state index contributed by atoms with van der Waals surface area (Å²) in [5.41, 5.74) is 0.878. The molecule has 8 atom stereocenters. The Morgan fingerprint density at radius 2 is 1.26 bits per heavy atom. The summed E-state index contributed by atoms with van der Waals surface area (Å²) in [4.78, 5) is 170. The molecule has 0 aliphatic carbocycles. The minimum Gasteiger partial charge on any atom is -0.508 e. The Balaban J connectivity index is 1.45. The monoisotopic (exact) mass is 1350 g/mol. The van der Waals surface area contributed by atoms with Crippen molar-refractivity contribution < 1.29 is 93.3 Å². The number of aromatic hydroxyl groups is 2. The molecule has 2 aromatic carbocycles. The van der Waals surface area contributed by atoms with Gasteiger partial charge in [0.25, 0.3) is 0 Å². The van der Waals surface area contributed by atoms with Crippen LogP contribution >= 0.6 is 33.2 Å². The SMILES string of the molecule is CC(C)C[C@@H]1CC(=O)CNC(=O)[C@H](Cc2ccc(O)c(Cl)c2)CC(=O)[C@@H]2C[C@@H](O)CN2C(=O)[C@@H](NC(=O)[C@@H](CCC(=O)O)CC(=O)[C@H](Cc2ccc(O)cc2)NC(=O)CN2CCN(CC(=O)O)CCN(CC(=O)O)CCN(CC(=O)O)CC2)CSSC[C@@H](C)NC1=O. The zero-order chi connectivity index (χ0) is 67.8. The number of carboxylic acids is 4. The van der Waals surface area contributed by atoms with Crippen LogP contribution in [-0.2, 0) is 70.4 Å². The van der Waals surface area contributed by atoms with Gasteiger partial charge in [0.1, 0.15) is 17.5 Å². The van der Waals surface area contributed by atoms with Crippen molar-refractivity contribution >= 4 is 104 Å². The molecule has 3 saturated heterocycles. The Morgan fingerprint density at radius 3 is 1.80 bits per heavy atom. The normalized spacial score (nSPS) is 23.0. The van der Waals surface area contributed by atoms with Crippen LogP contribution in [0.1, 0.15) is 76.8 Å². The molecule has 0 spiro atoms. The van der Waals surface area contributed by atoms with Gasteiger partial charge < -0.3 is 61.9 Å². The number of carbonyl (C=O) groups is 12. The van der Waals surface area contributed by atoms with E-state index in [0.717, 1.165) is 15.7 Å². The molecule has 3 aliphatic heterocycles. The number of carbonyl (C=O) groups excluding carboxylic acids is 8. The van der Waals surface area contributed by atoms with Crippen molar-refractivity contribution in [1.29, 1.82) is 0 Å². The van der Waals surface area contributed by atoms with Crippen LogP contribution in [0.15, 0.2) is 42.5 Å². The van der Waals surface area contributed by atoms with Gasteiger partial charge in [0.05, 0.1) is 55.9 Å². The number of rotatable bonds is 23. The van der Waals surface area contributed by atoms with Crippen LogP contribution in [0.5, 0.6) is 11.5 Å². The van der Waals surface area contributed by atoms with Crippen LogP contribution in [0.25, 0.3) is 0 Å². The third-order valence-electron chi connectivity index (χ3n) is 15.9. The van der Waals surface area contributed by atoms with Crippen LogP contribution in [0.2, 0.25) is 5.02 Å². The minimum atomic E-state index is -1.51. The van der Waals surface area contributed by atoms with Crippen molar-refractivity contribution in [2.45, 2.75) is 109 Å². The van der Waals surface area contributed by atoms with Gasteiger partial charge in [-0.15, -0.1) is 0 Å². The summed E-state index contributed by atoms with van der Waals surface area (Å²) in [6.07, 6.45) is -4.00. The summed E-state index contributed by atoms with van der Waals surface area (Å²) in [6.45, 7) is 3.77. The summed E-state index contributed by atoms with van der Waals surface area (Å²) in [5, 5.41) is 81.3. The van der Waals surface area contributed by atoms with Crippen LogP contribution in [0.4, 0.5) is 0 Å². The maximum absolute atomic E-state index is 15.0. The second-order valence-electron chi connectivity index (χ2n) is 24.2. The standard InChI is InChI=1S/C61H86ClN9O19S2/c1-36(2)20-41-24-44(73)28-63-58(87)42(21-39-6-10-50(75)46(62)22-39)26-52(77)49-27-45(74)29-71(49)61(90)48(35-92-91-34-37(3)64-60(41)89)66-59(88)40(7-11-54(79)80)25-51(76)47(23-38-4-8-43(72)9-5-38)65-53(78)30-67-12-14-68(31-55(81)82)16-18-70(33-57(85)86)19-17-69(15-13-67)32-56(83)84/h4-6,8-10,22,36-37,40-42,45,47-49,72,74-75H,7,11-21,23-35H2,1-3H3,(H,63,87)(H,64,89)(H,65,78)(H,66,88)(H,79,80)(H,81,82)(H,83,84)(H,85,86)/t37-,40+,41-,42-,45-,47+,48+,49+/m1/s1. The number of amides is 5. The second kappa shape index (κ2) is 37.7. The molecule has 3 aliphatic rings. The number of fused-ring (bicyclic) bond motifs is 1. The van der Waals surface area contributed by atoms with Crippen molar-refractivity contribution in [2.24, 2.45) is 23.7 Å². The Morgan fingerprint density at radius 1 is 0.707 bits per heavy atom. The number of aliphatic carboxylic acids is 4. The van der Waals surface area contributed by atoms with E-state index in [9.17, 15) is 88.5 Å². The molecule has 0 unspecified atom stereocenters. The summed E-state index contributed by atoms with van der Waals surface area (Å²) >= 11 is 6.22. The first-order valence-electron chi connectivity index (χ1n) is 30.5. The van der Waals surface area contributed by atoms with E-state index in [1.54, 1.807) is 26.5 Å². The number of halogens is 1. The molecule has 2 aromatic rings. The van der Waals surface area contributed by atoms with Crippen molar-refractivity contribution in [3.8, 4) is 11.5 Å². The molecule has 0 radical (unpaired) electrons. The van der Waals surface area contributed by atoms with E-state index in [-0.39, 0.29) is 125 Å². The lowest BCUT2D eigenvalue weighted by molar-refractivity contribution is -0.142. The number of phenols is 2. The zero-order valence-corrected chi connectivity index (χ0v) is 54.3. The number of Topliss-reactive ketones (excluding diaryl/α,β-unsaturated/α-hetero) is 3. The predicted octanol–water partition coefficient (Wildman–Crippen LogP) is 0.596. The first-order chi connectivity index (χ1) is 43.5. The molecule has 5 amide bonds. The fourth-order valence-corrected chi connectivity index (χ4v) is 13.8. The Labute approximate surface area is 546 Å². The van der Waals surface area contributed by atoms with E-state index in [0.29, 0.717) is 17.5 Å². The molecule has 0 bridgehead atoms. The zero-order valence-electron chi connectivity index (χ0n) is 51.9. The molecule has 11 N–H and O–H groups in total. The van der Waals surface area contributed by atoms with E-state index in [1.165, 1.54) is 53.3 Å². The fourth-order valence-electron chi connectivity index (χ4n) is 11.2. The number of hydrogen-bond acceptors (Lipinski definition) is 21. The quantitative estimate of drug-likeness (QED) is 0.0679. The number of carboxylic acid groups (broad SMARTS) is 4. The van der Waals surface area contributed by atoms with Crippen molar-refractivity contribution in [3.05, 3.63) is 58.6 Å². The van der Waals surface area contributed by atoms with Gasteiger partial charge in [-0.25, -0.2) is 0 Å². The number of phenolic OH excluding ortho intramolecular Hbond substituents is 2. The topological polar surface area (TPSA) is 411 Å². The maximum atomic E-state index is 15.0. The van der Waals surface area contributed by atoms with E-state index < -0.39 is 171 Å². The Kier molecular flexibility index (Phi) is 31.0. The number of nitrogens with zero attached hydrogens (tertiary/aromatic N) is 5. The predicted molar refractivity (Wildman–Crippen MR) is 338 cm³/mol. The van der Waals surface area contributed by atoms with Gasteiger partial charge >= 0.3 is 23.9 Å². The lowest BCUT2D eigenvalue weighted by Gasteiger charge is -2.33. The Hall–Kier alpha value is -6.93. The molecule has 0 aromatic heterocycles. The van der Waals surface area contributed by atoms with E-state index in [1.807, 2.05) is 13.8 Å². The van der Waals surface area contributed by atoms with Gasteiger partial charge in [-0.3, -0.25) is 77.1 Å². The van der Waals surface area contributed by atoms with Gasteiger partial charge in [0, 0.05) is 126 Å². The van der Waals surface area contributed by atoms with Gasteiger partial charge in [-0.2, -0.15) is 0 Å². The molecule has 5 rings (SSSR count). The minimum absolute atomic E-state index is 0.00386. The number of ketones is 3. The van der Waals surface area contributed by atoms with Gasteiger partial charge in [0.2, 0.25) is 29.5 Å². The molecule has 0 saturated carbocycles. The first kappa shape index (κ1) is 75.8. The molecular formula is C61H86ClN9O19S2. The summed E-state index contributed by atoms with van der Waals surface area (Å²) in [5.74, 6) is -14.0. The third kappa shape index (κ3) is 26.6. The summed E-state index contributed by atoms with van der Waals surface area (Å²) in [6, 6.07) is 5.14. The third-order valence-corrected chi connectivity index (χ3v) is 18.8. The average Bonchev–Trinajstić information content (AvgIpc) is 1.71. The highest BCUT2D eigenvalue weighted by Gasteiger charge is 2.43. The molecule has 31 heteroatoms. The largest absolute Gasteiger partial charge is 0.508 e. The maximum Gasteiger partial charge on any atom is 0.317 e. The van der Waals surface area contributed by atoms with Crippen molar-refractivity contribution in [3.63, 3.8) is 0 Å². The molecular weight excluding hydrogens is 1260 g/mol. The average molecular weight is 1350 g/mol. The van der Waals surface area contributed by atoms with Crippen LogP contribution < -0.4 is 21.3 Å². The molecule has 92 heavy (non-hydrogen) atoms. The van der Waals surface area contributed by atoms with E-state index >= 15 is 4.79 Å². The smallest absolute Gasteiger partial charge is 0.317 e. The summed E-state index contributed by atoms with van der Waals surface area (Å²) < 4.78 is 0. The highest BCUT2D eigenvalue weighted by Crippen LogP contribution is 2.30. The fraction of sp³-hybridized carbons (Fsp3) is 0.607. The van der Waals surface area contributed by atoms with Crippen molar-refractivity contribution in [2.75, 3.05) is 103 Å². The van der Waals surface area contributed by atoms with E-state index in [2.05, 4.69) is 21.3 Å². The number of aliphatic hydroxyl groups is 1. The lowest BCUT2D eigenvalue weighted by atomic mass is 9.90. The second-order valence-corrected chi connectivity index (χ2v) is 27.1. The van der Waals surface area contributed by atoms with Gasteiger partial charge in [0.15, 0.2) is 17.3 Å². The highest BCUT2D eigenvalue weighted by atomic mass is 35.5. The molecule has 28 nitrogen and oxygen atoms in total. The van der Waals surface area contributed by atoms with Crippen molar-refractivity contribution in [1.82, 2.24) is 45.8 Å². The Bertz CT molecular complexity index is 2900. The molecule has 3 heterocycles. The summed E-state index contributed by atoms with van der Waals surface area (Å²) in [7, 11) is 2.33. The van der Waals surface area contributed by atoms with Crippen LogP contribution in [0.3, 0.4) is 0 Å². The van der Waals surface area contributed by atoms with Gasteiger partial charge in [-0.1, -0.05) is 65.2 Å². The van der Waals surface area contributed by atoms with Crippen LogP contribution in [0, 0.1) is 23.7 Å². The first-order valence-corrected chi connectivity index (χ1v) is 33.4. The number of aliphatic hydroxyl groups excluding tert-OH is 1. The number of benzene rings is 2. The highest BCUT2D eigenvalue weighted by molar-refractivity contribution is 8.76. The van der Waals surface area contributed by atoms with Gasteiger partial charge in [-0.05, 0) is 73.9 Å². The molecule has 3 fully saturated rings. The van der Waals surface area contributed by atoms with Crippen LogP contribution in [-0.4, -0.2) is 264 Å². The molecule has 508 valence electrons. The number of hydrogen-bond donors (Lipinski definition) is 11. The lowest BCUT2D eigenvalue weighted by Crippen LogP contribution is -2.54. The number of nitrogens with one attached hydrogen (secondary N) is 4. The van der Waals surface area contributed by atoms with E-state index in [4.69, 9.17) is 11.6 Å².